The van der Waals surface area contributed by atoms with Crippen molar-refractivity contribution in [2.75, 3.05) is 0 Å². The molecule has 0 spiro atoms. The second kappa shape index (κ2) is 15.2. The van der Waals surface area contributed by atoms with Gasteiger partial charge in [0, 0.05) is 0 Å². The average Bonchev–Trinajstić information content (AvgIpc) is 3.94. The molecule has 0 aromatic heterocycles. The van der Waals surface area contributed by atoms with Crippen molar-refractivity contribution in [1.82, 2.24) is 0 Å². The van der Waals surface area contributed by atoms with E-state index in [0.717, 1.165) is 0 Å². The minimum Gasteiger partial charge on any atom is -0.0622 e. The zero-order valence-corrected chi connectivity index (χ0v) is 38.2. The van der Waals surface area contributed by atoms with Gasteiger partial charge in [-0.25, -0.2) is 0 Å². The van der Waals surface area contributed by atoms with Crippen molar-refractivity contribution in [3.63, 3.8) is 0 Å². The van der Waals surface area contributed by atoms with Crippen molar-refractivity contribution in [3.05, 3.63) is 297 Å². The van der Waals surface area contributed by atoms with Crippen molar-refractivity contribution < 1.29 is 0 Å². The van der Waals surface area contributed by atoms with E-state index in [4.69, 9.17) is 0 Å². The third-order valence-electron chi connectivity index (χ3n) is 15.3. The van der Waals surface area contributed by atoms with Gasteiger partial charge in [-0.15, -0.1) is 0 Å². The minimum absolute atomic E-state index is 1.21. The van der Waals surface area contributed by atoms with Gasteiger partial charge in [0.25, 0.3) is 0 Å². The average molecular weight is 883 g/mol. The van der Waals surface area contributed by atoms with Gasteiger partial charge in [0.05, 0.1) is 0 Å². The van der Waals surface area contributed by atoms with Gasteiger partial charge in [-0.3, -0.25) is 0 Å². The third kappa shape index (κ3) is 5.53. The molecular weight excluding hydrogens is 841 g/mol. The number of benzene rings is 13. The number of fused-ring (bicyclic) bond motifs is 5. The number of rotatable bonds is 6. The number of hydrogen-bond acceptors (Lipinski definition) is 0. The van der Waals surface area contributed by atoms with Crippen LogP contribution in [-0.4, -0.2) is 0 Å². The van der Waals surface area contributed by atoms with Gasteiger partial charge in [0.15, 0.2) is 0 Å². The van der Waals surface area contributed by atoms with Gasteiger partial charge in [-0.05, 0) is 164 Å². The Morgan fingerprint density at radius 1 is 0.186 bits per heavy atom. The maximum absolute atomic E-state index is 2.48. The van der Waals surface area contributed by atoms with Crippen molar-refractivity contribution in [1.29, 1.82) is 0 Å². The molecule has 15 rings (SSSR count). The summed E-state index contributed by atoms with van der Waals surface area (Å²) in [6, 6.07) is 95.1. The van der Waals surface area contributed by atoms with Gasteiger partial charge < -0.3 is 0 Å². The Hall–Kier alpha value is -9.10. The fraction of sp³-hybridized carbons (Fsp3) is 0. The maximum atomic E-state index is 2.48. The Morgan fingerprint density at radius 2 is 0.471 bits per heavy atom. The lowest BCUT2D eigenvalue weighted by atomic mass is 9.84. The largest absolute Gasteiger partial charge is 0.0622 e. The van der Waals surface area contributed by atoms with Gasteiger partial charge in [0.2, 0.25) is 0 Å². The van der Waals surface area contributed by atoms with Crippen LogP contribution in [0.25, 0.3) is 110 Å². The molecule has 13 aromatic carbocycles. The van der Waals surface area contributed by atoms with E-state index in [-0.39, 0.29) is 0 Å². The molecule has 0 atom stereocenters. The van der Waals surface area contributed by atoms with Crippen LogP contribution >= 0.6 is 0 Å². The fourth-order valence-electron chi connectivity index (χ4n) is 12.5. The Kier molecular flexibility index (Phi) is 8.46. The quantitative estimate of drug-likeness (QED) is 0.146. The second-order valence-electron chi connectivity index (χ2n) is 18.9. The van der Waals surface area contributed by atoms with Crippen molar-refractivity contribution in [3.8, 4) is 66.8 Å². The molecule has 0 heterocycles. The molecule has 0 fully saturated rings. The first-order valence-electron chi connectivity index (χ1n) is 24.4. The molecule has 70 heavy (non-hydrogen) atoms. The standard InChI is InChI=1S/C70H42/c1-5-21-43(22-6-1)49-31-15-17-33-51(49)63-54-36-20-19-35-53(54)61(45-25-9-3-10-26-45)67-55-37-38-56-66-58(40-39-57(65(55)66)69(63)67)70-64(52-34-18-16-32-50(52)44-23-7-2-8-24-44)60-42-48-30-14-13-29-47(48)41-59(60)62(68(56)70)46-27-11-4-12-28-46/h1-42H. The first kappa shape index (κ1) is 38.9. The van der Waals surface area contributed by atoms with Crippen LogP contribution in [0.4, 0.5) is 0 Å². The molecule has 0 N–H and O–H groups in total. The topological polar surface area (TPSA) is 0 Å². The summed E-state index contributed by atoms with van der Waals surface area (Å²) in [5, 5.41) is 20.6. The lowest BCUT2D eigenvalue weighted by molar-refractivity contribution is 1.47. The maximum Gasteiger partial charge on any atom is -0.000718 e. The molecule has 0 radical (unpaired) electrons. The zero-order chi connectivity index (χ0) is 45.9. The summed E-state index contributed by atoms with van der Waals surface area (Å²) >= 11 is 0. The zero-order valence-electron chi connectivity index (χ0n) is 38.2. The molecular formula is C70H42. The first-order chi connectivity index (χ1) is 34.8. The Morgan fingerprint density at radius 3 is 0.900 bits per heavy atom. The molecule has 0 saturated carbocycles. The molecule has 0 heteroatoms. The van der Waals surface area contributed by atoms with Crippen LogP contribution in [0, 0.1) is 41.7 Å². The van der Waals surface area contributed by atoms with E-state index in [1.54, 1.807) is 0 Å². The van der Waals surface area contributed by atoms with E-state index in [1.165, 1.54) is 152 Å². The van der Waals surface area contributed by atoms with E-state index < -0.39 is 0 Å². The summed E-state index contributed by atoms with van der Waals surface area (Å²) in [7, 11) is 0. The molecule has 0 nitrogen and oxygen atoms in total. The van der Waals surface area contributed by atoms with E-state index in [9.17, 15) is 0 Å². The van der Waals surface area contributed by atoms with Crippen molar-refractivity contribution >= 4 is 43.1 Å². The molecule has 2 aliphatic rings. The van der Waals surface area contributed by atoms with E-state index in [2.05, 4.69) is 255 Å². The molecule has 0 aliphatic heterocycles. The second-order valence-corrected chi connectivity index (χ2v) is 18.9. The minimum atomic E-state index is 1.21. The Labute approximate surface area is 404 Å². The van der Waals surface area contributed by atoms with Crippen LogP contribution in [0.3, 0.4) is 0 Å². The molecule has 0 unspecified atom stereocenters. The summed E-state index contributed by atoms with van der Waals surface area (Å²) in [5.41, 5.74) is 15.0. The predicted molar refractivity (Wildman–Crippen MR) is 293 cm³/mol. The van der Waals surface area contributed by atoms with Crippen LogP contribution in [0.5, 0.6) is 0 Å². The highest BCUT2D eigenvalue weighted by atomic mass is 14.3. The summed E-state index contributed by atoms with van der Waals surface area (Å²) in [4.78, 5) is 0. The lowest BCUT2D eigenvalue weighted by Crippen LogP contribution is -1.95. The molecule has 0 bridgehead atoms. The van der Waals surface area contributed by atoms with E-state index in [0.29, 0.717) is 0 Å². The highest BCUT2D eigenvalue weighted by Gasteiger charge is 2.26. The smallest absolute Gasteiger partial charge is 0.000718 e. The monoisotopic (exact) mass is 882 g/mol. The van der Waals surface area contributed by atoms with E-state index >= 15 is 0 Å². The Bertz CT molecular complexity index is 4780. The summed E-state index contributed by atoms with van der Waals surface area (Å²) in [6.45, 7) is 0. The third-order valence-corrected chi connectivity index (χ3v) is 15.3. The molecule has 322 valence electrons. The first-order valence-corrected chi connectivity index (χ1v) is 24.4. The van der Waals surface area contributed by atoms with Gasteiger partial charge in [-0.2, -0.15) is 0 Å². The van der Waals surface area contributed by atoms with Crippen LogP contribution in [0.15, 0.2) is 255 Å². The molecule has 2 aliphatic carbocycles. The summed E-state index contributed by atoms with van der Waals surface area (Å²) in [5.74, 6) is 0. The normalized spacial score (nSPS) is 12.0. The fourth-order valence-corrected chi connectivity index (χ4v) is 12.5. The summed E-state index contributed by atoms with van der Waals surface area (Å²) < 4.78 is 0. The lowest BCUT2D eigenvalue weighted by Gasteiger charge is -2.18. The highest BCUT2D eigenvalue weighted by Crippen LogP contribution is 2.48. The van der Waals surface area contributed by atoms with Crippen LogP contribution in [0.1, 0.15) is 0 Å². The van der Waals surface area contributed by atoms with Crippen LogP contribution in [-0.2, 0) is 0 Å². The predicted octanol–water partition coefficient (Wildman–Crippen LogP) is 18.1. The Balaban J connectivity index is 1.24. The van der Waals surface area contributed by atoms with E-state index in [1.807, 2.05) is 0 Å². The van der Waals surface area contributed by atoms with Crippen molar-refractivity contribution in [2.45, 2.75) is 0 Å². The van der Waals surface area contributed by atoms with Crippen molar-refractivity contribution in [2.24, 2.45) is 0 Å². The highest BCUT2D eigenvalue weighted by molar-refractivity contribution is 6.14. The SMILES string of the molecule is c1ccc(-c2ccccc2-c2c3c(c(-c4ccccc4)c4ccccc24)=c2ccc4c5c(ccc=3c25)=c2c(-c3ccccc3-c3ccccc3)c3cc5ccccc5cc3c(-c3ccccc3)c2=4)cc1. The molecule has 0 amide bonds. The molecule has 0 saturated heterocycles. The van der Waals surface area contributed by atoms with Gasteiger partial charge >= 0.3 is 0 Å². The van der Waals surface area contributed by atoms with Crippen LogP contribution < -0.4 is 0 Å². The van der Waals surface area contributed by atoms with Gasteiger partial charge in [0.1, 0.15) is 0 Å². The molecule has 13 aromatic rings. The summed E-state index contributed by atoms with van der Waals surface area (Å²) in [6.07, 6.45) is 0. The number of hydrogen-bond donors (Lipinski definition) is 0. The van der Waals surface area contributed by atoms with Crippen LogP contribution in [0.2, 0.25) is 0 Å². The van der Waals surface area contributed by atoms with Gasteiger partial charge in [-0.1, -0.05) is 243 Å².